The third-order valence-electron chi connectivity index (χ3n) is 2.60. The van der Waals surface area contributed by atoms with Crippen molar-refractivity contribution in [2.24, 2.45) is 0 Å². The number of nitrogens with one attached hydrogen (secondary N) is 2. The number of aromatic nitrogens is 2. The van der Waals surface area contributed by atoms with Crippen molar-refractivity contribution >= 4 is 12.0 Å². The Morgan fingerprint density at radius 3 is 2.68 bits per heavy atom. The summed E-state index contributed by atoms with van der Waals surface area (Å²) in [5.41, 5.74) is 0. The van der Waals surface area contributed by atoms with E-state index >= 15 is 0 Å². The molecule has 0 aliphatic heterocycles. The van der Waals surface area contributed by atoms with Crippen LogP contribution in [-0.4, -0.2) is 38.7 Å². The molecule has 0 saturated carbocycles. The summed E-state index contributed by atoms with van der Waals surface area (Å²) >= 11 is 0. The number of carboxylic acids is 1. The monoisotopic (exact) mass is 268 g/mol. The first kappa shape index (κ1) is 15.0. The highest BCUT2D eigenvalue weighted by Gasteiger charge is 2.19. The van der Waals surface area contributed by atoms with E-state index in [0.29, 0.717) is 19.4 Å². The Morgan fingerprint density at radius 1 is 1.42 bits per heavy atom. The van der Waals surface area contributed by atoms with Gasteiger partial charge in [-0.25, -0.2) is 14.6 Å². The third kappa shape index (κ3) is 5.41. The Balaban J connectivity index is 2.38. The first-order valence-electron chi connectivity index (χ1n) is 6.28. The van der Waals surface area contributed by atoms with Crippen molar-refractivity contribution in [2.45, 2.75) is 45.3 Å². The zero-order chi connectivity index (χ0) is 14.3. The Kier molecular flexibility index (Phi) is 5.84. The predicted octanol–water partition coefficient (Wildman–Crippen LogP) is 0.824. The number of aliphatic carboxylic acids is 1. The van der Waals surface area contributed by atoms with Crippen LogP contribution in [0.15, 0.2) is 18.7 Å². The molecule has 2 amide bonds. The van der Waals surface area contributed by atoms with Crippen molar-refractivity contribution < 1.29 is 14.7 Å². The Bertz CT molecular complexity index is 405. The van der Waals surface area contributed by atoms with Gasteiger partial charge in [0, 0.05) is 25.0 Å². The number of carboxylic acid groups (broad SMARTS) is 1. The molecule has 2 atom stereocenters. The Hall–Kier alpha value is -2.05. The highest BCUT2D eigenvalue weighted by molar-refractivity contribution is 5.82. The van der Waals surface area contributed by atoms with Crippen LogP contribution in [-0.2, 0) is 11.3 Å². The molecule has 106 valence electrons. The molecule has 7 nitrogen and oxygen atoms in total. The maximum atomic E-state index is 11.7. The highest BCUT2D eigenvalue weighted by atomic mass is 16.4. The van der Waals surface area contributed by atoms with Crippen LogP contribution in [0.2, 0.25) is 0 Å². The molecule has 0 aliphatic carbocycles. The molecule has 0 spiro atoms. The lowest BCUT2D eigenvalue weighted by molar-refractivity contribution is -0.139. The number of hydrogen-bond acceptors (Lipinski definition) is 3. The van der Waals surface area contributed by atoms with Gasteiger partial charge in [-0.3, -0.25) is 0 Å². The van der Waals surface area contributed by atoms with E-state index in [2.05, 4.69) is 15.6 Å². The van der Waals surface area contributed by atoms with Gasteiger partial charge in [0.2, 0.25) is 0 Å². The van der Waals surface area contributed by atoms with Crippen LogP contribution in [0.1, 0.15) is 26.7 Å². The number of nitrogens with zero attached hydrogens (tertiary/aromatic N) is 2. The van der Waals surface area contributed by atoms with Crippen LogP contribution in [0.4, 0.5) is 4.79 Å². The fourth-order valence-corrected chi connectivity index (χ4v) is 1.73. The molecule has 1 aromatic heterocycles. The fourth-order valence-electron chi connectivity index (χ4n) is 1.73. The van der Waals surface area contributed by atoms with Gasteiger partial charge in [0.05, 0.1) is 6.33 Å². The van der Waals surface area contributed by atoms with Gasteiger partial charge in [-0.15, -0.1) is 0 Å². The SMILES string of the molecule is CCC[C@H](NC(=O)NC(C)Cn1ccnc1)C(=O)O. The van der Waals surface area contributed by atoms with E-state index in [1.54, 1.807) is 18.7 Å². The van der Waals surface area contributed by atoms with Gasteiger partial charge in [0.15, 0.2) is 0 Å². The maximum Gasteiger partial charge on any atom is 0.326 e. The lowest BCUT2D eigenvalue weighted by atomic mass is 10.2. The van der Waals surface area contributed by atoms with Gasteiger partial charge in [0.1, 0.15) is 6.04 Å². The fraction of sp³-hybridized carbons (Fsp3) is 0.583. The Labute approximate surface area is 112 Å². The predicted molar refractivity (Wildman–Crippen MR) is 69.7 cm³/mol. The Morgan fingerprint density at radius 2 is 2.16 bits per heavy atom. The van der Waals surface area contributed by atoms with Crippen molar-refractivity contribution in [3.8, 4) is 0 Å². The molecule has 0 radical (unpaired) electrons. The number of carbonyl (C=O) groups is 2. The molecular formula is C12H20N4O3. The number of imidazole rings is 1. The van der Waals surface area contributed by atoms with Gasteiger partial charge in [-0.05, 0) is 13.3 Å². The van der Waals surface area contributed by atoms with E-state index in [-0.39, 0.29) is 6.04 Å². The number of hydrogen-bond donors (Lipinski definition) is 3. The minimum atomic E-state index is -1.01. The second-order valence-corrected chi connectivity index (χ2v) is 4.46. The van der Waals surface area contributed by atoms with Crippen LogP contribution < -0.4 is 10.6 Å². The number of carbonyl (C=O) groups excluding carboxylic acids is 1. The maximum absolute atomic E-state index is 11.7. The smallest absolute Gasteiger partial charge is 0.326 e. The molecule has 0 aromatic carbocycles. The zero-order valence-electron chi connectivity index (χ0n) is 11.2. The van der Waals surface area contributed by atoms with Crippen molar-refractivity contribution in [3.05, 3.63) is 18.7 Å². The van der Waals surface area contributed by atoms with Gasteiger partial charge >= 0.3 is 12.0 Å². The van der Waals surface area contributed by atoms with Crippen LogP contribution in [0.5, 0.6) is 0 Å². The number of urea groups is 1. The first-order valence-corrected chi connectivity index (χ1v) is 6.28. The first-order chi connectivity index (χ1) is 9.02. The third-order valence-corrected chi connectivity index (χ3v) is 2.60. The summed E-state index contributed by atoms with van der Waals surface area (Å²) in [6, 6.07) is -1.43. The summed E-state index contributed by atoms with van der Waals surface area (Å²) in [6.45, 7) is 4.30. The largest absolute Gasteiger partial charge is 0.480 e. The lowest BCUT2D eigenvalue weighted by Crippen LogP contribution is -2.49. The molecule has 19 heavy (non-hydrogen) atoms. The van der Waals surface area contributed by atoms with E-state index < -0.39 is 18.0 Å². The summed E-state index contributed by atoms with van der Waals surface area (Å²) < 4.78 is 1.84. The summed E-state index contributed by atoms with van der Waals surface area (Å²) in [4.78, 5) is 26.5. The minimum absolute atomic E-state index is 0.120. The molecule has 3 N–H and O–H groups in total. The van der Waals surface area contributed by atoms with E-state index in [1.807, 2.05) is 18.4 Å². The normalized spacial score (nSPS) is 13.6. The van der Waals surface area contributed by atoms with Crippen molar-refractivity contribution in [1.29, 1.82) is 0 Å². The molecule has 7 heteroatoms. The van der Waals surface area contributed by atoms with Crippen LogP contribution >= 0.6 is 0 Å². The minimum Gasteiger partial charge on any atom is -0.480 e. The number of rotatable bonds is 7. The van der Waals surface area contributed by atoms with Crippen molar-refractivity contribution in [3.63, 3.8) is 0 Å². The summed E-state index contributed by atoms with van der Waals surface area (Å²) in [6.07, 6.45) is 6.23. The van der Waals surface area contributed by atoms with Crippen molar-refractivity contribution in [1.82, 2.24) is 20.2 Å². The standard InChI is InChI=1S/C12H20N4O3/c1-3-4-10(11(17)18)15-12(19)14-9(2)7-16-6-5-13-8-16/h5-6,8-10H,3-4,7H2,1-2H3,(H,17,18)(H2,14,15,19)/t9?,10-/m0/s1. The summed E-state index contributed by atoms with van der Waals surface area (Å²) in [5.74, 6) is -1.01. The summed E-state index contributed by atoms with van der Waals surface area (Å²) in [5, 5.41) is 14.1. The molecule has 1 aromatic rings. The van der Waals surface area contributed by atoms with Crippen LogP contribution in [0.3, 0.4) is 0 Å². The van der Waals surface area contributed by atoms with Gasteiger partial charge in [0.25, 0.3) is 0 Å². The average Bonchev–Trinajstić information content (AvgIpc) is 2.80. The number of amides is 2. The second kappa shape index (κ2) is 7.40. The highest BCUT2D eigenvalue weighted by Crippen LogP contribution is 1.97. The van der Waals surface area contributed by atoms with E-state index in [1.165, 1.54) is 0 Å². The molecule has 1 unspecified atom stereocenters. The van der Waals surface area contributed by atoms with Gasteiger partial charge in [-0.1, -0.05) is 13.3 Å². The quantitative estimate of drug-likeness (QED) is 0.682. The summed E-state index contributed by atoms with van der Waals surface area (Å²) in [7, 11) is 0. The topological polar surface area (TPSA) is 96.3 Å². The van der Waals surface area contributed by atoms with E-state index in [4.69, 9.17) is 5.11 Å². The molecule has 0 saturated heterocycles. The second-order valence-electron chi connectivity index (χ2n) is 4.46. The zero-order valence-corrected chi connectivity index (χ0v) is 11.2. The van der Waals surface area contributed by atoms with E-state index in [9.17, 15) is 9.59 Å². The lowest BCUT2D eigenvalue weighted by Gasteiger charge is -2.18. The molecule has 1 heterocycles. The molecule has 1 rings (SSSR count). The van der Waals surface area contributed by atoms with Gasteiger partial charge < -0.3 is 20.3 Å². The van der Waals surface area contributed by atoms with Gasteiger partial charge in [-0.2, -0.15) is 0 Å². The van der Waals surface area contributed by atoms with Crippen LogP contribution in [0, 0.1) is 0 Å². The molecule has 0 bridgehead atoms. The molecule has 0 aliphatic rings. The van der Waals surface area contributed by atoms with Crippen LogP contribution in [0.25, 0.3) is 0 Å². The van der Waals surface area contributed by atoms with Crippen molar-refractivity contribution in [2.75, 3.05) is 0 Å². The molecular weight excluding hydrogens is 248 g/mol. The van der Waals surface area contributed by atoms with E-state index in [0.717, 1.165) is 0 Å². The molecule has 0 fully saturated rings. The average molecular weight is 268 g/mol.